The average molecular weight is 553 g/mol. The highest BCUT2D eigenvalue weighted by molar-refractivity contribution is 8.00. The molecule has 0 fully saturated rings. The molecule has 2 aromatic carbocycles. The molecule has 6 nitrogen and oxygen atoms in total. The molecule has 0 spiro atoms. The number of nitrogens with zero attached hydrogens (tertiary/aromatic N) is 2. The predicted octanol–water partition coefficient (Wildman–Crippen LogP) is 5.49. The summed E-state index contributed by atoms with van der Waals surface area (Å²) in [5, 5.41) is 5.71. The van der Waals surface area contributed by atoms with E-state index in [0.717, 1.165) is 36.5 Å². The lowest BCUT2D eigenvalue weighted by Gasteiger charge is -2.24. The molecule has 0 saturated carbocycles. The second kappa shape index (κ2) is 11.6. The van der Waals surface area contributed by atoms with E-state index in [1.165, 1.54) is 42.0 Å². The Morgan fingerprint density at radius 3 is 2.74 bits per heavy atom. The van der Waals surface area contributed by atoms with Gasteiger partial charge in [0.25, 0.3) is 0 Å². The molecule has 0 bridgehead atoms. The number of hydrogen-bond acceptors (Lipinski definition) is 6. The van der Waals surface area contributed by atoms with Gasteiger partial charge >= 0.3 is 0 Å². The van der Waals surface area contributed by atoms with E-state index in [2.05, 4.69) is 33.6 Å². The molecule has 1 unspecified atom stereocenters. The van der Waals surface area contributed by atoms with Crippen molar-refractivity contribution in [3.05, 3.63) is 89.3 Å². The van der Waals surface area contributed by atoms with Gasteiger partial charge in [-0.3, -0.25) is 9.78 Å². The van der Waals surface area contributed by atoms with Gasteiger partial charge in [-0.2, -0.15) is 0 Å². The van der Waals surface area contributed by atoms with Gasteiger partial charge in [0.2, 0.25) is 5.91 Å². The smallest absolute Gasteiger partial charge is 0.230 e. The van der Waals surface area contributed by atoms with E-state index in [1.807, 2.05) is 0 Å². The van der Waals surface area contributed by atoms with E-state index in [0.29, 0.717) is 22.3 Å². The molecule has 10 heteroatoms. The minimum Gasteiger partial charge on any atom is -0.453 e. The van der Waals surface area contributed by atoms with Crippen molar-refractivity contribution in [2.24, 2.45) is 0 Å². The van der Waals surface area contributed by atoms with Crippen LogP contribution in [0.25, 0.3) is 0 Å². The van der Waals surface area contributed by atoms with E-state index >= 15 is 0 Å². The Labute approximate surface area is 229 Å². The van der Waals surface area contributed by atoms with Crippen LogP contribution in [-0.2, 0) is 17.6 Å². The predicted molar refractivity (Wildman–Crippen MR) is 149 cm³/mol. The number of halogens is 2. The van der Waals surface area contributed by atoms with Gasteiger partial charge in [-0.25, -0.2) is 8.78 Å². The Hall–Kier alpha value is -3.34. The Morgan fingerprint density at radius 2 is 2.00 bits per heavy atom. The second-order valence-electron chi connectivity index (χ2n) is 9.24. The highest BCUT2D eigenvalue weighted by Crippen LogP contribution is 2.46. The van der Waals surface area contributed by atoms with Crippen LogP contribution in [0.2, 0.25) is 0 Å². The maximum absolute atomic E-state index is 15.0. The lowest BCUT2D eigenvalue weighted by atomic mass is 10.0. The normalized spacial score (nSPS) is 16.9. The number of carbonyl (C=O) groups is 1. The van der Waals surface area contributed by atoms with Crippen LogP contribution in [0, 0.1) is 11.6 Å². The van der Waals surface area contributed by atoms with Crippen molar-refractivity contribution < 1.29 is 18.3 Å². The molecule has 2 N–H and O–H groups in total. The van der Waals surface area contributed by atoms with Gasteiger partial charge in [-0.05, 0) is 55.5 Å². The van der Waals surface area contributed by atoms with Crippen molar-refractivity contribution >= 4 is 40.7 Å². The first-order valence-electron chi connectivity index (χ1n) is 12.2. The summed E-state index contributed by atoms with van der Waals surface area (Å²) in [4.78, 5) is 20.0. The summed E-state index contributed by atoms with van der Waals surface area (Å²) >= 11 is 6.91. The number of aromatic nitrogens is 1. The van der Waals surface area contributed by atoms with Crippen molar-refractivity contribution in [3.8, 4) is 11.5 Å². The molecule has 5 rings (SSSR count). The van der Waals surface area contributed by atoms with E-state index in [-0.39, 0.29) is 29.0 Å². The fourth-order valence-electron chi connectivity index (χ4n) is 4.37. The van der Waals surface area contributed by atoms with Crippen molar-refractivity contribution in [2.75, 3.05) is 25.5 Å². The Morgan fingerprint density at radius 1 is 1.18 bits per heavy atom. The molecule has 0 radical (unpaired) electrons. The number of ether oxygens (including phenoxy) is 1. The van der Waals surface area contributed by atoms with Crippen molar-refractivity contribution in [3.63, 3.8) is 0 Å². The molecule has 2 aliphatic rings. The SMILES string of the molecule is CN1CC=C(C2Cc3nccc(Oc4ccc(NC(=S)NC(=O)Cc5ccc(F)cc5)cc4F)c3S2)CC1. The summed E-state index contributed by atoms with van der Waals surface area (Å²) in [5.74, 6) is -0.647. The number of amides is 1. The third-order valence-electron chi connectivity index (χ3n) is 6.38. The van der Waals surface area contributed by atoms with Crippen LogP contribution in [-0.4, -0.2) is 46.3 Å². The monoisotopic (exact) mass is 552 g/mol. The number of rotatable bonds is 6. The Bertz CT molecular complexity index is 1400. The van der Waals surface area contributed by atoms with E-state index in [1.54, 1.807) is 30.1 Å². The molecule has 1 atom stereocenters. The summed E-state index contributed by atoms with van der Waals surface area (Å²) in [6.07, 6.45) is 5.90. The summed E-state index contributed by atoms with van der Waals surface area (Å²) in [6.45, 7) is 2.00. The van der Waals surface area contributed by atoms with E-state index < -0.39 is 5.82 Å². The van der Waals surface area contributed by atoms with Gasteiger partial charge in [-0.15, -0.1) is 11.8 Å². The molecule has 0 aliphatic carbocycles. The Kier molecular flexibility index (Phi) is 8.01. The summed E-state index contributed by atoms with van der Waals surface area (Å²) < 4.78 is 34.0. The van der Waals surface area contributed by atoms with Crippen molar-refractivity contribution in [2.45, 2.75) is 29.4 Å². The molecule has 0 saturated heterocycles. The largest absolute Gasteiger partial charge is 0.453 e. The molecule has 3 heterocycles. The lowest BCUT2D eigenvalue weighted by molar-refractivity contribution is -0.119. The van der Waals surface area contributed by atoms with Crippen LogP contribution in [0.3, 0.4) is 0 Å². The average Bonchev–Trinajstić information content (AvgIpc) is 3.33. The van der Waals surface area contributed by atoms with Gasteiger partial charge in [0, 0.05) is 48.8 Å². The molecule has 1 aromatic heterocycles. The number of hydrogen-bond donors (Lipinski definition) is 2. The first-order valence-corrected chi connectivity index (χ1v) is 13.5. The Balaban J connectivity index is 1.20. The minimum atomic E-state index is -0.571. The minimum absolute atomic E-state index is 0.0304. The third kappa shape index (κ3) is 6.38. The van der Waals surface area contributed by atoms with E-state index in [4.69, 9.17) is 17.0 Å². The highest BCUT2D eigenvalue weighted by atomic mass is 32.2. The number of fused-ring (bicyclic) bond motifs is 1. The lowest BCUT2D eigenvalue weighted by Crippen LogP contribution is -2.35. The van der Waals surface area contributed by atoms with Gasteiger partial charge < -0.3 is 20.3 Å². The quantitative estimate of drug-likeness (QED) is 0.310. The van der Waals surface area contributed by atoms with Gasteiger partial charge in [0.15, 0.2) is 16.7 Å². The molecule has 2 aliphatic heterocycles. The molecule has 3 aromatic rings. The molecular weight excluding hydrogens is 526 g/mol. The van der Waals surface area contributed by atoms with Crippen LogP contribution in [0.1, 0.15) is 17.7 Å². The van der Waals surface area contributed by atoms with Crippen molar-refractivity contribution in [1.82, 2.24) is 15.2 Å². The zero-order chi connectivity index (χ0) is 26.6. The third-order valence-corrected chi connectivity index (χ3v) is 8.01. The van der Waals surface area contributed by atoms with Crippen LogP contribution in [0.5, 0.6) is 11.5 Å². The molecular formula is C28H26F2N4O2S2. The fraction of sp³-hybridized carbons (Fsp3) is 0.250. The van der Waals surface area contributed by atoms with Crippen LogP contribution in [0.15, 0.2) is 71.3 Å². The second-order valence-corrected chi connectivity index (χ2v) is 10.9. The summed E-state index contributed by atoms with van der Waals surface area (Å²) in [6, 6.07) is 11.8. The first kappa shape index (κ1) is 26.3. The van der Waals surface area contributed by atoms with Crippen molar-refractivity contribution in [1.29, 1.82) is 0 Å². The van der Waals surface area contributed by atoms with Crippen LogP contribution >= 0.6 is 24.0 Å². The number of thiocarbonyl (C=S) groups is 1. The van der Waals surface area contributed by atoms with Gasteiger partial charge in [-0.1, -0.05) is 23.8 Å². The number of carbonyl (C=O) groups excluding carboxylic acids is 1. The van der Waals surface area contributed by atoms with Gasteiger partial charge in [0.05, 0.1) is 17.0 Å². The number of likely N-dealkylation sites (N-methyl/N-ethyl adjacent to an activating group) is 1. The number of anilines is 1. The maximum atomic E-state index is 15.0. The molecule has 196 valence electrons. The number of thioether (sulfide) groups is 1. The topological polar surface area (TPSA) is 66.5 Å². The van der Waals surface area contributed by atoms with E-state index in [9.17, 15) is 13.6 Å². The standard InChI is InChI=1S/C28H26F2N4O2S2/c1-34-12-9-18(10-13-34)25-16-22-27(38-25)24(8-11-31-22)36-23-7-6-20(15-21(23)30)32-28(37)33-26(35)14-17-2-4-19(29)5-3-17/h2-9,11,15,25H,10,12-14,16H2,1H3,(H2,32,33,35,37). The maximum Gasteiger partial charge on any atom is 0.230 e. The summed E-state index contributed by atoms with van der Waals surface area (Å²) in [5.41, 5.74) is 3.41. The zero-order valence-electron chi connectivity index (χ0n) is 20.7. The van der Waals surface area contributed by atoms with Crippen LogP contribution < -0.4 is 15.4 Å². The number of nitrogens with one attached hydrogen (secondary N) is 2. The number of benzene rings is 2. The fourth-order valence-corrected chi connectivity index (χ4v) is 5.99. The number of pyridine rings is 1. The van der Waals surface area contributed by atoms with Gasteiger partial charge in [0.1, 0.15) is 11.6 Å². The highest BCUT2D eigenvalue weighted by Gasteiger charge is 2.30. The first-order chi connectivity index (χ1) is 18.3. The summed E-state index contributed by atoms with van der Waals surface area (Å²) in [7, 11) is 2.12. The van der Waals surface area contributed by atoms with Crippen LogP contribution in [0.4, 0.5) is 14.5 Å². The zero-order valence-corrected chi connectivity index (χ0v) is 22.3. The molecule has 1 amide bonds. The molecule has 38 heavy (non-hydrogen) atoms.